The van der Waals surface area contributed by atoms with Crippen molar-refractivity contribution in [3.63, 3.8) is 0 Å². The third-order valence-corrected chi connectivity index (χ3v) is 12.2. The molecule has 0 saturated carbocycles. The maximum absolute atomic E-state index is 14.3. The molecule has 0 aromatic rings. The Kier molecular flexibility index (Phi) is 15.2. The van der Waals surface area contributed by atoms with Crippen LogP contribution in [0.5, 0.6) is 0 Å². The zero-order chi connectivity index (χ0) is 44.6. The van der Waals surface area contributed by atoms with E-state index in [0.29, 0.717) is 19.8 Å². The summed E-state index contributed by atoms with van der Waals surface area (Å²) in [5.41, 5.74) is -5.16. The quantitative estimate of drug-likeness (QED) is 0.151. The molecule has 2 atom stereocenters. The van der Waals surface area contributed by atoms with Gasteiger partial charge in [0, 0.05) is 72.2 Å². The molecule has 0 aliphatic carbocycles. The van der Waals surface area contributed by atoms with Crippen molar-refractivity contribution in [3.8, 4) is 0 Å². The number of nitrogens with zero attached hydrogens (tertiary/aromatic N) is 2. The van der Waals surface area contributed by atoms with Crippen LogP contribution >= 0.6 is 0 Å². The summed E-state index contributed by atoms with van der Waals surface area (Å²) in [6.45, 7) is 24.7. The molecule has 4 heterocycles. The fourth-order valence-corrected chi connectivity index (χ4v) is 9.37. The van der Waals surface area contributed by atoms with Gasteiger partial charge in [-0.1, -0.05) is 27.7 Å². The Bertz CT molecular complexity index is 1450. The van der Waals surface area contributed by atoms with E-state index in [1.807, 2.05) is 27.7 Å². The maximum atomic E-state index is 14.3. The van der Waals surface area contributed by atoms with E-state index in [1.54, 1.807) is 62.5 Å². The van der Waals surface area contributed by atoms with Crippen molar-refractivity contribution in [1.29, 1.82) is 0 Å². The first-order chi connectivity index (χ1) is 27.0. The number of piperidine rings is 2. The third-order valence-electron chi connectivity index (χ3n) is 12.2. The van der Waals surface area contributed by atoms with Gasteiger partial charge in [0.25, 0.3) is 0 Å². The molecule has 59 heavy (non-hydrogen) atoms. The molecule has 4 aliphatic rings. The number of carbonyl (C=O) groups excluding carboxylic acids is 4. The van der Waals surface area contributed by atoms with Gasteiger partial charge in [0.2, 0.25) is 0 Å². The monoisotopic (exact) mass is 840 g/mol. The number of carbonyl (C=O) groups is 4. The Labute approximate surface area is 351 Å². The van der Waals surface area contributed by atoms with Gasteiger partial charge in [0.15, 0.2) is 12.6 Å². The average molecular weight is 841 g/mol. The molecule has 0 N–H and O–H groups in total. The predicted octanol–water partition coefficient (Wildman–Crippen LogP) is 5.38. The molecule has 0 aromatic heterocycles. The van der Waals surface area contributed by atoms with Crippen molar-refractivity contribution in [3.05, 3.63) is 0 Å². The predicted molar refractivity (Wildman–Crippen MR) is 211 cm³/mol. The summed E-state index contributed by atoms with van der Waals surface area (Å²) in [5.74, 6) is -5.76. The van der Waals surface area contributed by atoms with Crippen LogP contribution in [0.2, 0.25) is 0 Å². The minimum atomic E-state index is -1.45. The number of hydrogen-bond donors (Lipinski definition) is 0. The SMILES string of the molecule is COCC(C)(C)C1OCC2(CO1)COC(C(C)(C)COC(=O)CC(C(=O)OC1CC(C)(C)N([O])C(C)(C)C1)C(CC(C)=O)C(=O)OC1CC(C)(C)N([O])C(C)(C)C1)OC2. The van der Waals surface area contributed by atoms with Crippen molar-refractivity contribution in [2.24, 2.45) is 28.1 Å². The van der Waals surface area contributed by atoms with Crippen LogP contribution in [0, 0.1) is 28.1 Å². The molecule has 16 heteroatoms. The molecule has 0 bridgehead atoms. The topological polar surface area (TPSA) is 188 Å². The van der Waals surface area contributed by atoms with Crippen LogP contribution < -0.4 is 0 Å². The number of hydrogen-bond acceptors (Lipinski definition) is 14. The number of ketones is 1. The normalized spacial score (nSPS) is 29.0. The van der Waals surface area contributed by atoms with Crippen LogP contribution in [0.4, 0.5) is 0 Å². The number of Topliss-reactive ketones (excluding diaryl/α,β-unsaturated/α-hetero) is 1. The lowest BCUT2D eigenvalue weighted by molar-refractivity contribution is -0.337. The van der Waals surface area contributed by atoms with Crippen molar-refractivity contribution in [2.75, 3.05) is 46.8 Å². The smallest absolute Gasteiger partial charge is 0.310 e. The number of rotatable bonds is 15. The van der Waals surface area contributed by atoms with E-state index in [4.69, 9.17) is 37.9 Å². The van der Waals surface area contributed by atoms with Crippen molar-refractivity contribution in [1.82, 2.24) is 10.1 Å². The summed E-state index contributed by atoms with van der Waals surface area (Å²) in [6, 6.07) is 0. The lowest BCUT2D eigenvalue weighted by atomic mass is 9.79. The van der Waals surface area contributed by atoms with Gasteiger partial charge >= 0.3 is 17.9 Å². The van der Waals surface area contributed by atoms with Crippen LogP contribution in [0.3, 0.4) is 0 Å². The second-order valence-corrected chi connectivity index (χ2v) is 21.6. The van der Waals surface area contributed by atoms with Gasteiger partial charge in [-0.3, -0.25) is 14.4 Å². The third kappa shape index (κ3) is 12.0. The van der Waals surface area contributed by atoms with Crippen molar-refractivity contribution in [2.45, 2.75) is 175 Å². The summed E-state index contributed by atoms with van der Waals surface area (Å²) in [5, 5.41) is 28.1. The largest absolute Gasteiger partial charge is 0.465 e. The molecular weight excluding hydrogens is 768 g/mol. The van der Waals surface area contributed by atoms with E-state index in [1.165, 1.54) is 6.92 Å². The molecule has 338 valence electrons. The molecule has 1 spiro atoms. The number of hydroxylamine groups is 4. The molecule has 4 saturated heterocycles. The Balaban J connectivity index is 1.48. The molecule has 0 aromatic carbocycles. The van der Waals surface area contributed by atoms with E-state index in [-0.39, 0.29) is 50.9 Å². The molecule has 4 fully saturated rings. The van der Waals surface area contributed by atoms with Gasteiger partial charge in [-0.25, -0.2) is 0 Å². The van der Waals surface area contributed by atoms with E-state index in [2.05, 4.69) is 0 Å². The molecular formula is C43H72N2O14. The highest BCUT2D eigenvalue weighted by Gasteiger charge is 2.52. The maximum Gasteiger partial charge on any atom is 0.310 e. The van der Waals surface area contributed by atoms with Crippen LogP contribution in [-0.4, -0.2) is 128 Å². The molecule has 2 unspecified atom stereocenters. The summed E-state index contributed by atoms with van der Waals surface area (Å²) in [4.78, 5) is 54.9. The summed E-state index contributed by atoms with van der Waals surface area (Å²) in [6.07, 6.45) is -2.71. The molecule has 16 nitrogen and oxygen atoms in total. The lowest BCUT2D eigenvalue weighted by Gasteiger charge is -2.49. The Morgan fingerprint density at radius 1 is 0.610 bits per heavy atom. The van der Waals surface area contributed by atoms with Crippen molar-refractivity contribution < 1.29 is 67.5 Å². The van der Waals surface area contributed by atoms with Gasteiger partial charge in [0.05, 0.1) is 56.7 Å². The Morgan fingerprint density at radius 3 is 1.29 bits per heavy atom. The van der Waals surface area contributed by atoms with Crippen LogP contribution in [-0.2, 0) is 67.5 Å². The number of esters is 3. The first-order valence-corrected chi connectivity index (χ1v) is 20.9. The van der Waals surface area contributed by atoms with Gasteiger partial charge in [-0.2, -0.15) is 0 Å². The van der Waals surface area contributed by atoms with Gasteiger partial charge < -0.3 is 42.7 Å². The average Bonchev–Trinajstić information content (AvgIpc) is 3.10. The second kappa shape index (κ2) is 18.2. The van der Waals surface area contributed by atoms with Gasteiger partial charge in [-0.05, 0) is 62.3 Å². The first-order valence-electron chi connectivity index (χ1n) is 20.9. The van der Waals surface area contributed by atoms with E-state index >= 15 is 0 Å². The first kappa shape index (κ1) is 49.4. The van der Waals surface area contributed by atoms with Crippen molar-refractivity contribution >= 4 is 23.7 Å². The fraction of sp³-hybridized carbons (Fsp3) is 0.907. The van der Waals surface area contributed by atoms with Gasteiger partial charge in [0.1, 0.15) is 24.6 Å². The Hall–Kier alpha value is -2.28. The summed E-state index contributed by atoms with van der Waals surface area (Å²) >= 11 is 0. The standard InChI is InChI=1S/C43H72N2O14/c1-27(46)15-30(33(48)58-28-17-39(6,7)44(50)40(8,9)18-28)31(34(49)59-29-19-41(10,11)45(51)42(12,13)20-29)16-32(47)53-22-38(4,5)36-56-25-43(26-57-36)23-54-35(55-24-43)37(2,3)21-52-14/h28-31,35-36H,15-26H2,1-14H3. The Morgan fingerprint density at radius 2 is 0.949 bits per heavy atom. The lowest BCUT2D eigenvalue weighted by Crippen LogP contribution is -2.60. The summed E-state index contributed by atoms with van der Waals surface area (Å²) in [7, 11) is 1.63. The van der Waals surface area contributed by atoms with E-state index in [9.17, 15) is 29.6 Å². The van der Waals surface area contributed by atoms with E-state index < -0.39 is 106 Å². The molecule has 0 amide bonds. The molecule has 2 radical (unpaired) electrons. The minimum absolute atomic E-state index is 0.157. The molecule has 4 rings (SSSR count). The zero-order valence-electron chi connectivity index (χ0n) is 38.1. The van der Waals surface area contributed by atoms with E-state index in [0.717, 1.165) is 10.1 Å². The highest BCUT2D eigenvalue weighted by Crippen LogP contribution is 2.42. The minimum Gasteiger partial charge on any atom is -0.465 e. The highest BCUT2D eigenvalue weighted by atomic mass is 16.7. The van der Waals surface area contributed by atoms with Crippen LogP contribution in [0.25, 0.3) is 0 Å². The number of ether oxygens (including phenoxy) is 8. The van der Waals surface area contributed by atoms with Gasteiger partial charge in [-0.15, -0.1) is 20.5 Å². The zero-order valence-corrected chi connectivity index (χ0v) is 38.1. The molecule has 4 aliphatic heterocycles. The second-order valence-electron chi connectivity index (χ2n) is 21.6. The highest BCUT2D eigenvalue weighted by molar-refractivity contribution is 5.89. The summed E-state index contributed by atoms with van der Waals surface area (Å²) < 4.78 is 47.7. The number of methoxy groups -OCH3 is 1. The van der Waals surface area contributed by atoms with Crippen LogP contribution in [0.1, 0.15) is 129 Å². The fourth-order valence-electron chi connectivity index (χ4n) is 9.37. The van der Waals surface area contributed by atoms with Crippen LogP contribution in [0.15, 0.2) is 0 Å².